The van der Waals surface area contributed by atoms with E-state index in [2.05, 4.69) is 13.8 Å². The Morgan fingerprint density at radius 3 is 1.89 bits per heavy atom. The minimum Gasteiger partial charge on any atom is -0.244 e. The molecule has 0 heterocycles. The van der Waals surface area contributed by atoms with E-state index in [0.29, 0.717) is 24.7 Å². The van der Waals surface area contributed by atoms with Gasteiger partial charge in [0.05, 0.1) is 0 Å². The van der Waals surface area contributed by atoms with Crippen LogP contribution < -0.4 is 0 Å². The topological polar surface area (TPSA) is 0 Å². The van der Waals surface area contributed by atoms with Gasteiger partial charge in [-0.25, -0.2) is 8.78 Å². The van der Waals surface area contributed by atoms with E-state index in [4.69, 9.17) is 0 Å². The van der Waals surface area contributed by atoms with Crippen molar-refractivity contribution in [2.45, 2.75) is 123 Å². The maximum Gasteiger partial charge on any atom is 0.131 e. The van der Waals surface area contributed by atoms with Crippen LogP contribution in [0.4, 0.5) is 8.78 Å². The number of unbranched alkanes of at least 4 members (excludes halogenated alkanes) is 2. The van der Waals surface area contributed by atoms with Crippen molar-refractivity contribution < 1.29 is 8.78 Å². The summed E-state index contributed by atoms with van der Waals surface area (Å²) in [5.41, 5.74) is 0. The predicted octanol–water partition coefficient (Wildman–Crippen LogP) is 8.29. The summed E-state index contributed by atoms with van der Waals surface area (Å²) in [6.07, 6.45) is 16.3. The highest BCUT2D eigenvalue weighted by molar-refractivity contribution is 4.88. The zero-order chi connectivity index (χ0) is 19.2. The standard InChI is InChI=1S/C25H44F2/c1-3-4-5-6-19-7-9-20(10-8-19)18(2)21-11-13-22(14-12-21)23-15-16-24(26)25(27)17-23/h18-25H,3-17H2,1-2H3. The smallest absolute Gasteiger partial charge is 0.131 e. The van der Waals surface area contributed by atoms with E-state index in [1.807, 2.05) is 0 Å². The average molecular weight is 383 g/mol. The molecular weight excluding hydrogens is 338 g/mol. The molecule has 4 atom stereocenters. The SMILES string of the molecule is CCCCCC1CCC(C(C)C2CCC(C3CCC(F)C(F)C3)CC2)CC1. The minimum absolute atomic E-state index is 0.460. The van der Waals surface area contributed by atoms with Gasteiger partial charge in [-0.1, -0.05) is 52.4 Å². The summed E-state index contributed by atoms with van der Waals surface area (Å²) < 4.78 is 27.2. The zero-order valence-electron chi connectivity index (χ0n) is 18.0. The molecule has 2 heteroatoms. The molecule has 0 aliphatic heterocycles. The van der Waals surface area contributed by atoms with Crippen molar-refractivity contribution in [3.8, 4) is 0 Å². The predicted molar refractivity (Wildman–Crippen MR) is 111 cm³/mol. The average Bonchev–Trinajstić information content (AvgIpc) is 2.70. The van der Waals surface area contributed by atoms with Gasteiger partial charge >= 0.3 is 0 Å². The summed E-state index contributed by atoms with van der Waals surface area (Å²) in [7, 11) is 0. The molecule has 0 saturated heterocycles. The maximum absolute atomic E-state index is 13.8. The van der Waals surface area contributed by atoms with Crippen LogP contribution in [-0.2, 0) is 0 Å². The molecule has 3 aliphatic rings. The highest BCUT2D eigenvalue weighted by Crippen LogP contribution is 2.46. The fourth-order valence-electron chi connectivity index (χ4n) is 6.75. The van der Waals surface area contributed by atoms with E-state index in [1.165, 1.54) is 77.0 Å². The van der Waals surface area contributed by atoms with Crippen LogP contribution in [-0.4, -0.2) is 12.3 Å². The van der Waals surface area contributed by atoms with Gasteiger partial charge < -0.3 is 0 Å². The number of hydrogen-bond donors (Lipinski definition) is 0. The molecule has 27 heavy (non-hydrogen) atoms. The van der Waals surface area contributed by atoms with Gasteiger partial charge in [0.1, 0.15) is 12.3 Å². The number of hydrogen-bond acceptors (Lipinski definition) is 0. The van der Waals surface area contributed by atoms with E-state index in [1.54, 1.807) is 0 Å². The summed E-state index contributed by atoms with van der Waals surface area (Å²) in [5.74, 6) is 4.86. The van der Waals surface area contributed by atoms with E-state index in [-0.39, 0.29) is 0 Å². The molecule has 4 unspecified atom stereocenters. The van der Waals surface area contributed by atoms with Crippen LogP contribution in [0.3, 0.4) is 0 Å². The lowest BCUT2D eigenvalue weighted by atomic mass is 9.64. The molecule has 0 aromatic carbocycles. The Balaban J connectivity index is 1.37. The van der Waals surface area contributed by atoms with Crippen LogP contribution in [0.2, 0.25) is 0 Å². The fourth-order valence-corrected chi connectivity index (χ4v) is 6.75. The molecule has 0 aromatic heterocycles. The van der Waals surface area contributed by atoms with Crippen molar-refractivity contribution in [1.82, 2.24) is 0 Å². The van der Waals surface area contributed by atoms with Gasteiger partial charge in [0.2, 0.25) is 0 Å². The summed E-state index contributed by atoms with van der Waals surface area (Å²) >= 11 is 0. The summed E-state index contributed by atoms with van der Waals surface area (Å²) in [5, 5.41) is 0. The minimum atomic E-state index is -1.19. The monoisotopic (exact) mass is 382 g/mol. The maximum atomic E-state index is 13.8. The van der Waals surface area contributed by atoms with Crippen molar-refractivity contribution in [1.29, 1.82) is 0 Å². The second-order valence-electron chi connectivity index (χ2n) is 10.4. The van der Waals surface area contributed by atoms with Crippen molar-refractivity contribution in [3.05, 3.63) is 0 Å². The quantitative estimate of drug-likeness (QED) is 0.388. The highest BCUT2D eigenvalue weighted by Gasteiger charge is 2.38. The van der Waals surface area contributed by atoms with Gasteiger partial charge in [0.25, 0.3) is 0 Å². The molecule has 3 rings (SSSR count). The molecule has 0 N–H and O–H groups in total. The number of halogens is 2. The second kappa shape index (κ2) is 10.6. The molecule has 3 aliphatic carbocycles. The highest BCUT2D eigenvalue weighted by atomic mass is 19.2. The summed E-state index contributed by atoms with van der Waals surface area (Å²) in [6.45, 7) is 4.83. The molecule has 0 aromatic rings. The lowest BCUT2D eigenvalue weighted by Crippen LogP contribution is -2.34. The fraction of sp³-hybridized carbons (Fsp3) is 1.00. The zero-order valence-corrected chi connectivity index (χ0v) is 18.0. The van der Waals surface area contributed by atoms with Gasteiger partial charge in [-0.3, -0.25) is 0 Å². The van der Waals surface area contributed by atoms with Crippen molar-refractivity contribution in [3.63, 3.8) is 0 Å². The Morgan fingerprint density at radius 2 is 1.30 bits per heavy atom. The van der Waals surface area contributed by atoms with Crippen LogP contribution >= 0.6 is 0 Å². The Morgan fingerprint density at radius 1 is 0.704 bits per heavy atom. The molecule has 0 spiro atoms. The van der Waals surface area contributed by atoms with Gasteiger partial charge in [-0.2, -0.15) is 0 Å². The van der Waals surface area contributed by atoms with Gasteiger partial charge in [-0.05, 0) is 93.3 Å². The number of rotatable bonds is 7. The normalized spacial score (nSPS) is 42.0. The lowest BCUT2D eigenvalue weighted by Gasteiger charge is -2.42. The molecule has 0 nitrogen and oxygen atoms in total. The van der Waals surface area contributed by atoms with Gasteiger partial charge in [0, 0.05) is 0 Å². The van der Waals surface area contributed by atoms with E-state index >= 15 is 0 Å². The molecule has 3 saturated carbocycles. The lowest BCUT2D eigenvalue weighted by molar-refractivity contribution is 0.0454. The second-order valence-corrected chi connectivity index (χ2v) is 10.4. The van der Waals surface area contributed by atoms with E-state index in [9.17, 15) is 8.78 Å². The van der Waals surface area contributed by atoms with Crippen molar-refractivity contribution >= 4 is 0 Å². The van der Waals surface area contributed by atoms with E-state index in [0.717, 1.165) is 30.1 Å². The van der Waals surface area contributed by atoms with Crippen LogP contribution in [0.1, 0.15) is 110 Å². The first-order chi connectivity index (χ1) is 13.1. The Hall–Kier alpha value is -0.140. The number of alkyl halides is 2. The first kappa shape index (κ1) is 21.6. The molecule has 0 radical (unpaired) electrons. The molecule has 158 valence electrons. The van der Waals surface area contributed by atoms with Crippen LogP contribution in [0.15, 0.2) is 0 Å². The molecule has 0 bridgehead atoms. The third-order valence-electron chi connectivity index (χ3n) is 8.81. The Bertz CT molecular complexity index is 407. The Kier molecular flexibility index (Phi) is 8.45. The van der Waals surface area contributed by atoms with Crippen LogP contribution in [0.25, 0.3) is 0 Å². The summed E-state index contributed by atoms with van der Waals surface area (Å²) in [4.78, 5) is 0. The van der Waals surface area contributed by atoms with Gasteiger partial charge in [0.15, 0.2) is 0 Å². The van der Waals surface area contributed by atoms with Crippen LogP contribution in [0, 0.1) is 35.5 Å². The summed E-state index contributed by atoms with van der Waals surface area (Å²) in [6, 6.07) is 0. The van der Waals surface area contributed by atoms with Crippen LogP contribution in [0.5, 0.6) is 0 Å². The molecule has 3 fully saturated rings. The Labute approximate surface area is 167 Å². The largest absolute Gasteiger partial charge is 0.244 e. The third kappa shape index (κ3) is 5.92. The molecular formula is C25H44F2. The van der Waals surface area contributed by atoms with Crippen molar-refractivity contribution in [2.24, 2.45) is 35.5 Å². The molecule has 0 amide bonds. The van der Waals surface area contributed by atoms with E-state index < -0.39 is 12.3 Å². The third-order valence-corrected chi connectivity index (χ3v) is 8.81. The van der Waals surface area contributed by atoms with Crippen molar-refractivity contribution in [2.75, 3.05) is 0 Å². The first-order valence-corrected chi connectivity index (χ1v) is 12.4. The van der Waals surface area contributed by atoms with Gasteiger partial charge in [-0.15, -0.1) is 0 Å². The first-order valence-electron chi connectivity index (χ1n) is 12.4.